The Morgan fingerprint density at radius 1 is 1.54 bits per heavy atom. The Hall–Kier alpha value is -0.900. The second-order valence-corrected chi connectivity index (χ2v) is 3.65. The van der Waals surface area contributed by atoms with Gasteiger partial charge in [0.15, 0.2) is 0 Å². The molecule has 0 bridgehead atoms. The Bertz CT molecular complexity index is 254. The molecule has 2 N–H and O–H groups in total. The van der Waals surface area contributed by atoms with Crippen molar-refractivity contribution in [3.05, 3.63) is 12.2 Å². The first-order valence-electron chi connectivity index (χ1n) is 4.80. The van der Waals surface area contributed by atoms with Crippen LogP contribution in [0.15, 0.2) is 6.33 Å². The quantitative estimate of drug-likeness (QED) is 0.764. The van der Waals surface area contributed by atoms with Crippen molar-refractivity contribution in [2.24, 2.45) is 11.7 Å². The van der Waals surface area contributed by atoms with Gasteiger partial charge >= 0.3 is 0 Å². The summed E-state index contributed by atoms with van der Waals surface area (Å²) in [6.45, 7) is 7.26. The molecule has 1 aromatic rings. The first-order valence-corrected chi connectivity index (χ1v) is 4.80. The van der Waals surface area contributed by atoms with Gasteiger partial charge in [-0.2, -0.15) is 0 Å². The van der Waals surface area contributed by atoms with Crippen LogP contribution < -0.4 is 5.73 Å². The first kappa shape index (κ1) is 10.2. The Labute approximate surface area is 79.2 Å². The van der Waals surface area contributed by atoms with Crippen molar-refractivity contribution < 1.29 is 0 Å². The number of aromatic nitrogens is 3. The molecule has 1 atom stereocenters. The summed E-state index contributed by atoms with van der Waals surface area (Å²) in [5.41, 5.74) is 5.99. The fourth-order valence-electron chi connectivity index (χ4n) is 1.23. The van der Waals surface area contributed by atoms with Crippen LogP contribution in [0, 0.1) is 5.92 Å². The van der Waals surface area contributed by atoms with E-state index in [-0.39, 0.29) is 6.04 Å². The molecule has 1 aromatic heterocycles. The smallest absolute Gasteiger partial charge is 0.150 e. The zero-order valence-electron chi connectivity index (χ0n) is 8.57. The number of hydrogen-bond acceptors (Lipinski definition) is 3. The fraction of sp³-hybridized carbons (Fsp3) is 0.778. The molecule has 74 valence electrons. The highest BCUT2D eigenvalue weighted by Crippen LogP contribution is 2.16. The maximum absolute atomic E-state index is 5.99. The molecule has 0 amide bonds. The Morgan fingerprint density at radius 2 is 2.23 bits per heavy atom. The van der Waals surface area contributed by atoms with E-state index >= 15 is 0 Å². The molecule has 1 heterocycles. The molecule has 0 unspecified atom stereocenters. The minimum atomic E-state index is -0.00551. The van der Waals surface area contributed by atoms with Gasteiger partial charge in [-0.25, -0.2) is 0 Å². The maximum Gasteiger partial charge on any atom is 0.150 e. The van der Waals surface area contributed by atoms with Gasteiger partial charge in [-0.05, 0) is 12.3 Å². The molecule has 4 nitrogen and oxygen atoms in total. The van der Waals surface area contributed by atoms with Crippen LogP contribution in [-0.2, 0) is 6.54 Å². The molecule has 0 spiro atoms. The van der Waals surface area contributed by atoms with E-state index in [9.17, 15) is 0 Å². The van der Waals surface area contributed by atoms with E-state index in [4.69, 9.17) is 5.73 Å². The van der Waals surface area contributed by atoms with Crippen molar-refractivity contribution in [2.45, 2.75) is 39.8 Å². The highest BCUT2D eigenvalue weighted by atomic mass is 15.3. The molecule has 13 heavy (non-hydrogen) atoms. The molecule has 0 fully saturated rings. The van der Waals surface area contributed by atoms with Crippen LogP contribution in [0.25, 0.3) is 0 Å². The average molecular weight is 182 g/mol. The fourth-order valence-corrected chi connectivity index (χ4v) is 1.23. The van der Waals surface area contributed by atoms with Gasteiger partial charge in [0.25, 0.3) is 0 Å². The number of aryl methyl sites for hydroxylation is 1. The predicted molar refractivity (Wildman–Crippen MR) is 52.1 cm³/mol. The lowest BCUT2D eigenvalue weighted by Gasteiger charge is -2.15. The molecule has 0 aliphatic rings. The van der Waals surface area contributed by atoms with Crippen molar-refractivity contribution in [2.75, 3.05) is 0 Å². The molecule has 0 aliphatic heterocycles. The predicted octanol–water partition coefficient (Wildman–Crippen LogP) is 1.34. The molecular formula is C9H18N4. The lowest BCUT2D eigenvalue weighted by Crippen LogP contribution is -2.21. The molecule has 0 radical (unpaired) electrons. The summed E-state index contributed by atoms with van der Waals surface area (Å²) in [4.78, 5) is 0. The van der Waals surface area contributed by atoms with Crippen molar-refractivity contribution in [3.63, 3.8) is 0 Å². The van der Waals surface area contributed by atoms with Crippen LogP contribution in [0.2, 0.25) is 0 Å². The van der Waals surface area contributed by atoms with Gasteiger partial charge in [-0.15, -0.1) is 10.2 Å². The van der Waals surface area contributed by atoms with Crippen LogP contribution >= 0.6 is 0 Å². The highest BCUT2D eigenvalue weighted by Gasteiger charge is 2.16. The molecule has 0 aliphatic carbocycles. The third-order valence-corrected chi connectivity index (χ3v) is 2.13. The largest absolute Gasteiger partial charge is 0.321 e. The summed E-state index contributed by atoms with van der Waals surface area (Å²) in [6, 6.07) is -0.00551. The second-order valence-electron chi connectivity index (χ2n) is 3.65. The van der Waals surface area contributed by atoms with Gasteiger partial charge < -0.3 is 10.3 Å². The van der Waals surface area contributed by atoms with Crippen LogP contribution in [-0.4, -0.2) is 14.8 Å². The van der Waals surface area contributed by atoms with Crippen molar-refractivity contribution in [3.8, 4) is 0 Å². The van der Waals surface area contributed by atoms with Gasteiger partial charge in [0.1, 0.15) is 12.2 Å². The normalized spacial score (nSPS) is 13.6. The second kappa shape index (κ2) is 4.37. The van der Waals surface area contributed by atoms with Crippen molar-refractivity contribution in [1.82, 2.24) is 14.8 Å². The number of hydrogen-bond donors (Lipinski definition) is 1. The van der Waals surface area contributed by atoms with Crippen molar-refractivity contribution >= 4 is 0 Å². The molecular weight excluding hydrogens is 164 g/mol. The van der Waals surface area contributed by atoms with E-state index in [1.54, 1.807) is 6.33 Å². The summed E-state index contributed by atoms with van der Waals surface area (Å²) in [5.74, 6) is 1.30. The van der Waals surface area contributed by atoms with E-state index < -0.39 is 0 Å². The van der Waals surface area contributed by atoms with Gasteiger partial charge in [-0.1, -0.05) is 20.8 Å². The Kier molecular flexibility index (Phi) is 3.42. The zero-order chi connectivity index (χ0) is 9.84. The third-order valence-electron chi connectivity index (χ3n) is 2.13. The lowest BCUT2D eigenvalue weighted by molar-refractivity contribution is 0.463. The summed E-state index contributed by atoms with van der Waals surface area (Å²) in [6.07, 6.45) is 2.83. The molecule has 4 heteroatoms. The molecule has 1 rings (SSSR count). The SMILES string of the molecule is CCCn1cnnc1[C@H](N)C(C)C. The van der Waals surface area contributed by atoms with E-state index in [0.29, 0.717) is 5.92 Å². The minimum absolute atomic E-state index is 0.00551. The van der Waals surface area contributed by atoms with Crippen LogP contribution in [0.1, 0.15) is 39.1 Å². The van der Waals surface area contributed by atoms with Crippen molar-refractivity contribution in [1.29, 1.82) is 0 Å². The Morgan fingerprint density at radius 3 is 2.77 bits per heavy atom. The standard InChI is InChI=1S/C9H18N4/c1-4-5-13-6-11-12-9(13)8(10)7(2)3/h6-8H,4-5,10H2,1-3H3/t8-/m1/s1. The maximum atomic E-state index is 5.99. The van der Waals surface area contributed by atoms with Crippen LogP contribution in [0.3, 0.4) is 0 Å². The number of nitrogens with two attached hydrogens (primary N) is 1. The van der Waals surface area contributed by atoms with Crippen LogP contribution in [0.4, 0.5) is 0 Å². The summed E-state index contributed by atoms with van der Waals surface area (Å²) in [5, 5.41) is 7.92. The van der Waals surface area contributed by atoms with E-state index in [1.807, 2.05) is 4.57 Å². The van der Waals surface area contributed by atoms with Gasteiger partial charge in [0, 0.05) is 6.54 Å². The first-order chi connectivity index (χ1) is 6.16. The third kappa shape index (κ3) is 2.28. The van der Waals surface area contributed by atoms with Crippen LogP contribution in [0.5, 0.6) is 0 Å². The van der Waals surface area contributed by atoms with E-state index in [2.05, 4.69) is 31.0 Å². The zero-order valence-corrected chi connectivity index (χ0v) is 8.57. The topological polar surface area (TPSA) is 56.7 Å². The van der Waals surface area contributed by atoms with Gasteiger partial charge in [-0.3, -0.25) is 0 Å². The number of nitrogens with zero attached hydrogens (tertiary/aromatic N) is 3. The molecule has 0 aromatic carbocycles. The van der Waals surface area contributed by atoms with Gasteiger partial charge in [0.2, 0.25) is 0 Å². The monoisotopic (exact) mass is 182 g/mol. The highest BCUT2D eigenvalue weighted by molar-refractivity contribution is 4.94. The minimum Gasteiger partial charge on any atom is -0.321 e. The number of rotatable bonds is 4. The van der Waals surface area contributed by atoms with E-state index in [0.717, 1.165) is 18.8 Å². The Balaban J connectivity index is 2.80. The molecule has 0 saturated heterocycles. The summed E-state index contributed by atoms with van der Waals surface area (Å²) >= 11 is 0. The lowest BCUT2D eigenvalue weighted by atomic mass is 10.1. The molecule has 0 saturated carbocycles. The average Bonchev–Trinajstić information content (AvgIpc) is 2.52. The summed E-state index contributed by atoms with van der Waals surface area (Å²) in [7, 11) is 0. The van der Waals surface area contributed by atoms with Gasteiger partial charge in [0.05, 0.1) is 6.04 Å². The summed E-state index contributed by atoms with van der Waals surface area (Å²) < 4.78 is 2.03. The van der Waals surface area contributed by atoms with E-state index in [1.165, 1.54) is 0 Å².